The van der Waals surface area contributed by atoms with Crippen molar-refractivity contribution in [3.63, 3.8) is 0 Å². The van der Waals surface area contributed by atoms with Gasteiger partial charge in [-0.15, -0.1) is 0 Å². The molecule has 0 aliphatic heterocycles. The zero-order chi connectivity index (χ0) is 11.0. The SMILES string of the molecule is C=CC(=O)CSP(=O)(OCC)OCC. The van der Waals surface area contributed by atoms with Crippen molar-refractivity contribution < 1.29 is 18.4 Å². The first-order chi connectivity index (χ1) is 6.58. The molecule has 0 atom stereocenters. The van der Waals surface area contributed by atoms with Gasteiger partial charge in [-0.2, -0.15) is 0 Å². The molecule has 0 N–H and O–H groups in total. The number of ketones is 1. The first-order valence-electron chi connectivity index (χ1n) is 4.27. The van der Waals surface area contributed by atoms with Crippen LogP contribution in [0.2, 0.25) is 0 Å². The smallest absolute Gasteiger partial charge is 0.301 e. The van der Waals surface area contributed by atoms with Gasteiger partial charge in [0, 0.05) is 0 Å². The van der Waals surface area contributed by atoms with E-state index in [4.69, 9.17) is 9.05 Å². The standard InChI is InChI=1S/C8H15O4PS/c1-4-8(9)7-14-13(10,11-5-2)12-6-3/h4H,1,5-7H2,2-3H3. The molecule has 4 nitrogen and oxygen atoms in total. The van der Waals surface area contributed by atoms with Crippen molar-refractivity contribution in [2.24, 2.45) is 0 Å². The Morgan fingerprint density at radius 3 is 2.29 bits per heavy atom. The van der Waals surface area contributed by atoms with Crippen LogP contribution in [0.25, 0.3) is 0 Å². The lowest BCUT2D eigenvalue weighted by molar-refractivity contribution is -0.112. The molecule has 0 saturated carbocycles. The zero-order valence-electron chi connectivity index (χ0n) is 8.39. The van der Waals surface area contributed by atoms with Gasteiger partial charge in [-0.25, -0.2) is 4.57 Å². The predicted molar refractivity (Wildman–Crippen MR) is 58.5 cm³/mol. The molecule has 0 radical (unpaired) electrons. The van der Waals surface area contributed by atoms with Crippen LogP contribution in [0, 0.1) is 0 Å². The molecule has 0 amide bonds. The van der Waals surface area contributed by atoms with Crippen LogP contribution in [-0.2, 0) is 18.4 Å². The van der Waals surface area contributed by atoms with Crippen molar-refractivity contribution in [1.29, 1.82) is 0 Å². The summed E-state index contributed by atoms with van der Waals surface area (Å²) in [5, 5.41) is 0. The van der Waals surface area contributed by atoms with Gasteiger partial charge in [0.25, 0.3) is 0 Å². The highest BCUT2D eigenvalue weighted by Crippen LogP contribution is 2.60. The van der Waals surface area contributed by atoms with E-state index in [0.717, 1.165) is 11.4 Å². The molecule has 0 rings (SSSR count). The number of hydrogen-bond donors (Lipinski definition) is 0. The highest BCUT2D eigenvalue weighted by Gasteiger charge is 2.24. The fourth-order valence-corrected chi connectivity index (χ4v) is 3.82. The van der Waals surface area contributed by atoms with E-state index in [-0.39, 0.29) is 11.5 Å². The average molecular weight is 238 g/mol. The normalized spacial score (nSPS) is 11.3. The van der Waals surface area contributed by atoms with Gasteiger partial charge in [0.2, 0.25) is 0 Å². The largest absolute Gasteiger partial charge is 0.389 e. The van der Waals surface area contributed by atoms with Gasteiger partial charge in [-0.1, -0.05) is 6.58 Å². The van der Waals surface area contributed by atoms with Crippen LogP contribution in [0.15, 0.2) is 12.7 Å². The van der Waals surface area contributed by atoms with Crippen molar-refractivity contribution in [2.45, 2.75) is 13.8 Å². The van der Waals surface area contributed by atoms with Crippen LogP contribution in [0.3, 0.4) is 0 Å². The van der Waals surface area contributed by atoms with Crippen LogP contribution < -0.4 is 0 Å². The maximum Gasteiger partial charge on any atom is 0.389 e. The topological polar surface area (TPSA) is 52.6 Å². The lowest BCUT2D eigenvalue weighted by atomic mass is 10.5. The van der Waals surface area contributed by atoms with Crippen LogP contribution in [0.1, 0.15) is 13.8 Å². The summed E-state index contributed by atoms with van der Waals surface area (Å²) in [6.45, 7) is 4.22. The van der Waals surface area contributed by atoms with Gasteiger partial charge in [-0.3, -0.25) is 4.79 Å². The summed E-state index contributed by atoms with van der Waals surface area (Å²) >= 11 is 0.896. The van der Waals surface area contributed by atoms with E-state index in [9.17, 15) is 9.36 Å². The van der Waals surface area contributed by atoms with Gasteiger partial charge in [-0.05, 0) is 31.3 Å². The first kappa shape index (κ1) is 13.9. The lowest BCUT2D eigenvalue weighted by Gasteiger charge is -2.14. The lowest BCUT2D eigenvalue weighted by Crippen LogP contribution is -1.99. The Kier molecular flexibility index (Phi) is 7.19. The second-order valence-corrected chi connectivity index (χ2v) is 6.30. The van der Waals surface area contributed by atoms with Gasteiger partial charge in [0.15, 0.2) is 5.78 Å². The molecular formula is C8H15O4PS. The summed E-state index contributed by atoms with van der Waals surface area (Å²) < 4.78 is 21.7. The third-order valence-electron chi connectivity index (χ3n) is 1.17. The maximum atomic E-state index is 11.8. The Bertz CT molecular complexity index is 231. The fraction of sp³-hybridized carbons (Fsp3) is 0.625. The fourth-order valence-electron chi connectivity index (χ4n) is 0.630. The number of hydrogen-bond acceptors (Lipinski definition) is 5. The van der Waals surface area contributed by atoms with Gasteiger partial charge < -0.3 is 9.05 Å². The summed E-state index contributed by atoms with van der Waals surface area (Å²) in [7, 11) is 0. The molecule has 0 spiro atoms. The molecule has 0 bridgehead atoms. The zero-order valence-corrected chi connectivity index (χ0v) is 10.1. The summed E-state index contributed by atoms with van der Waals surface area (Å²) in [6, 6.07) is 0. The van der Waals surface area contributed by atoms with Gasteiger partial charge >= 0.3 is 6.80 Å². The summed E-state index contributed by atoms with van der Waals surface area (Å²) in [5.74, 6) is -0.115. The Hall–Kier alpha value is -0.0900. The van der Waals surface area contributed by atoms with E-state index in [1.807, 2.05) is 0 Å². The van der Waals surface area contributed by atoms with Crippen LogP contribution in [-0.4, -0.2) is 24.7 Å². The quantitative estimate of drug-likeness (QED) is 0.480. The van der Waals surface area contributed by atoms with E-state index in [1.54, 1.807) is 13.8 Å². The van der Waals surface area contributed by atoms with E-state index in [1.165, 1.54) is 6.08 Å². The number of carbonyl (C=O) groups excluding carboxylic acids is 1. The monoisotopic (exact) mass is 238 g/mol. The highest BCUT2D eigenvalue weighted by molar-refractivity contribution is 8.55. The number of allylic oxidation sites excluding steroid dienone is 1. The Labute approximate surface area is 88.3 Å². The minimum Gasteiger partial charge on any atom is -0.301 e. The molecule has 0 aromatic heterocycles. The molecule has 14 heavy (non-hydrogen) atoms. The molecule has 0 fully saturated rings. The Morgan fingerprint density at radius 1 is 1.43 bits per heavy atom. The maximum absolute atomic E-state index is 11.8. The van der Waals surface area contributed by atoms with Crippen LogP contribution in [0.4, 0.5) is 0 Å². The van der Waals surface area contributed by atoms with Crippen molar-refractivity contribution >= 4 is 24.0 Å². The number of rotatable bonds is 8. The molecule has 82 valence electrons. The first-order valence-corrected chi connectivity index (χ1v) is 7.40. The van der Waals surface area contributed by atoms with E-state index < -0.39 is 6.80 Å². The van der Waals surface area contributed by atoms with E-state index in [0.29, 0.717) is 13.2 Å². The van der Waals surface area contributed by atoms with Crippen molar-refractivity contribution in [1.82, 2.24) is 0 Å². The van der Waals surface area contributed by atoms with Gasteiger partial charge in [0.1, 0.15) is 0 Å². The Morgan fingerprint density at radius 2 is 1.93 bits per heavy atom. The average Bonchev–Trinajstić information content (AvgIpc) is 2.15. The Balaban J connectivity index is 4.15. The molecule has 0 unspecified atom stereocenters. The van der Waals surface area contributed by atoms with Crippen LogP contribution >= 0.6 is 18.2 Å². The third kappa shape index (κ3) is 5.60. The molecule has 0 aliphatic carbocycles. The van der Waals surface area contributed by atoms with Crippen molar-refractivity contribution in [3.8, 4) is 0 Å². The molecule has 0 heterocycles. The third-order valence-corrected chi connectivity index (χ3v) is 5.01. The summed E-state index contributed by atoms with van der Waals surface area (Å²) in [6.07, 6.45) is 1.19. The second kappa shape index (κ2) is 7.23. The molecule has 0 aromatic carbocycles. The highest BCUT2D eigenvalue weighted by atomic mass is 32.7. The second-order valence-electron chi connectivity index (χ2n) is 2.23. The minimum atomic E-state index is -3.14. The van der Waals surface area contributed by atoms with E-state index >= 15 is 0 Å². The van der Waals surface area contributed by atoms with Crippen molar-refractivity contribution in [3.05, 3.63) is 12.7 Å². The number of carbonyl (C=O) groups is 1. The minimum absolute atomic E-state index is 0.0702. The molecule has 0 aromatic rings. The summed E-state index contributed by atoms with van der Waals surface area (Å²) in [4.78, 5) is 10.9. The van der Waals surface area contributed by atoms with Crippen LogP contribution in [0.5, 0.6) is 0 Å². The van der Waals surface area contributed by atoms with Crippen molar-refractivity contribution in [2.75, 3.05) is 19.0 Å². The molecule has 6 heteroatoms. The molecular weight excluding hydrogens is 223 g/mol. The predicted octanol–water partition coefficient (Wildman–Crippen LogP) is 2.66. The van der Waals surface area contributed by atoms with Gasteiger partial charge in [0.05, 0.1) is 19.0 Å². The molecule has 0 aliphatic rings. The van der Waals surface area contributed by atoms with E-state index in [2.05, 4.69) is 6.58 Å². The molecule has 0 saturated heterocycles. The summed E-state index contributed by atoms with van der Waals surface area (Å²) in [5.41, 5.74) is 0.